The minimum Gasteiger partial charge on any atom is -0.510 e. The summed E-state index contributed by atoms with van der Waals surface area (Å²) in [5.41, 5.74) is 2.56. The quantitative estimate of drug-likeness (QED) is 0.118. The number of ether oxygens (including phenoxy) is 1. The third-order valence-electron chi connectivity index (χ3n) is 9.67. The molecule has 10 aromatic rings. The topological polar surface area (TPSA) is 35.9 Å². The van der Waals surface area contributed by atoms with Gasteiger partial charge in [0.1, 0.15) is 5.82 Å². The van der Waals surface area contributed by atoms with Crippen molar-refractivity contribution in [1.29, 1.82) is 0 Å². The summed E-state index contributed by atoms with van der Waals surface area (Å²) in [5, 5.41) is 1.66. The molecule has 0 aliphatic heterocycles. The summed E-state index contributed by atoms with van der Waals surface area (Å²) >= 11 is 0. The van der Waals surface area contributed by atoms with Gasteiger partial charge in [-0.2, -0.15) is 18.2 Å². The Kier molecular flexibility index (Phi) is 6.49. The molecule has 284 valence electrons. The summed E-state index contributed by atoms with van der Waals surface area (Å²) in [6, 6.07) is 29.5. The largest absolute Gasteiger partial charge is 0.510 e. The van der Waals surface area contributed by atoms with Gasteiger partial charge in [0, 0.05) is 44.3 Å². The summed E-state index contributed by atoms with van der Waals surface area (Å²) in [4.78, 5) is 4.47. The van der Waals surface area contributed by atoms with Crippen LogP contribution in [0.5, 0.6) is 11.5 Å². The second kappa shape index (κ2) is 15.1. The van der Waals surface area contributed by atoms with Crippen LogP contribution in [0.2, 0.25) is 0 Å². The molecule has 0 unspecified atom stereocenters. The van der Waals surface area contributed by atoms with Crippen LogP contribution >= 0.6 is 0 Å². The molecule has 58 heavy (non-hydrogen) atoms. The van der Waals surface area contributed by atoms with E-state index >= 15 is 0 Å². The van der Waals surface area contributed by atoms with Crippen molar-refractivity contribution in [1.82, 2.24) is 14.1 Å². The van der Waals surface area contributed by atoms with Crippen LogP contribution in [0.25, 0.3) is 72.3 Å². The molecule has 0 aliphatic carbocycles. The fourth-order valence-corrected chi connectivity index (χ4v) is 7.05. The van der Waals surface area contributed by atoms with Gasteiger partial charge < -0.3 is 13.9 Å². The Morgan fingerprint density at radius 1 is 0.655 bits per heavy atom. The van der Waals surface area contributed by atoms with Crippen LogP contribution in [-0.4, -0.2) is 14.1 Å². The van der Waals surface area contributed by atoms with E-state index in [1.165, 1.54) is 0 Å². The van der Waals surface area contributed by atoms with E-state index in [1.807, 2.05) is 57.2 Å². The summed E-state index contributed by atoms with van der Waals surface area (Å²) in [5.74, 6) is 0.752. The van der Waals surface area contributed by atoms with Crippen LogP contribution in [0.15, 0.2) is 176 Å². The van der Waals surface area contributed by atoms with E-state index in [0.717, 1.165) is 16.3 Å². The normalized spacial score (nSPS) is 14.7. The first-order valence-corrected chi connectivity index (χ1v) is 18.2. The average Bonchev–Trinajstić information content (AvgIpc) is 3.88. The van der Waals surface area contributed by atoms with Crippen LogP contribution < -0.4 is 9.30 Å². The minimum atomic E-state index is -0.624. The van der Waals surface area contributed by atoms with E-state index in [9.17, 15) is 1.37 Å². The van der Waals surface area contributed by atoms with Gasteiger partial charge in [0.2, 0.25) is 0 Å². The van der Waals surface area contributed by atoms with Gasteiger partial charge in [0.15, 0.2) is 0 Å². The fraction of sp³-hybridized carbons (Fsp3) is 0.0769. The van der Waals surface area contributed by atoms with Gasteiger partial charge in [0.05, 0.1) is 34.5 Å². The van der Waals surface area contributed by atoms with Crippen molar-refractivity contribution in [3.8, 4) is 50.9 Å². The Morgan fingerprint density at radius 2 is 1.31 bits per heavy atom. The zero-order valence-corrected chi connectivity index (χ0v) is 33.5. The van der Waals surface area contributed by atoms with Crippen LogP contribution in [0.4, 0.5) is 0 Å². The van der Waals surface area contributed by atoms with E-state index in [0.29, 0.717) is 33.6 Å². The molecule has 0 spiro atoms. The molecule has 0 radical (unpaired) electrons. The summed E-state index contributed by atoms with van der Waals surface area (Å²) < 4.78 is 125. The standard InChI is InChI=1S/C52H38N4O.Pt/c1-52(2,3)38-30-31-53-50(32-38)56-46-25-11-10-22-44(46)45-29-28-41(34-49(45)56)57-40-21-14-20-39(33-40)54-35-55(48-27-13-12-26-47(48)54)51-42(36-16-6-4-7-17-36)23-15-24-43(51)37-18-8-5-9-19-37;/h4-32H,1-3H3;/q-2;/i4D,5D,6D,7D,8D,9D,16D,17D,18D,19D,30D,31D,32D;. The third-order valence-corrected chi connectivity index (χ3v) is 9.67. The van der Waals surface area contributed by atoms with E-state index in [4.69, 9.17) is 21.2 Å². The first kappa shape index (κ1) is 24.9. The maximum Gasteiger partial charge on any atom is 0.268 e. The number of hydrogen-bond donors (Lipinski definition) is 0. The maximum atomic E-state index is 9.30. The second-order valence-corrected chi connectivity index (χ2v) is 14.3. The molecule has 5 nitrogen and oxygen atoms in total. The molecular formula is C52H38N4OPt-2. The van der Waals surface area contributed by atoms with E-state index in [2.05, 4.69) is 23.4 Å². The van der Waals surface area contributed by atoms with Gasteiger partial charge in [-0.05, 0) is 62.5 Å². The monoisotopic (exact) mass is 942 g/mol. The van der Waals surface area contributed by atoms with Gasteiger partial charge in [-0.1, -0.05) is 147 Å². The predicted octanol–water partition coefficient (Wildman–Crippen LogP) is 12.2. The van der Waals surface area contributed by atoms with Crippen molar-refractivity contribution < 1.29 is 48.2 Å². The SMILES string of the molecule is [2H]c1nc(-n2c3[c-]c(Oc4[c-]c(-n5[c-][n+](-c6c(-c7c([2H])c([2H])c([2H])c([2H])c7[2H])cccc6-c6c([2H])c([2H])c([2H])c([2H])c6[2H])c6ccccc65)ccc4)ccc3c3ccccc32)c([2H])c(C(C)(C)C)c1[2H].[Pt]. The van der Waals surface area contributed by atoms with Gasteiger partial charge in [-0.25, -0.2) is 4.98 Å². The third kappa shape index (κ3) is 6.62. The summed E-state index contributed by atoms with van der Waals surface area (Å²) in [6.45, 7) is 5.70. The zero-order valence-electron chi connectivity index (χ0n) is 44.3. The van der Waals surface area contributed by atoms with Crippen LogP contribution in [0.3, 0.4) is 0 Å². The van der Waals surface area contributed by atoms with Crippen molar-refractivity contribution >= 4 is 32.8 Å². The molecule has 0 fully saturated rings. The Labute approximate surface area is 371 Å². The number of fused-ring (bicyclic) bond motifs is 4. The Hall–Kier alpha value is -6.55. The smallest absolute Gasteiger partial charge is 0.268 e. The average molecular weight is 943 g/mol. The van der Waals surface area contributed by atoms with Crippen LogP contribution in [0, 0.1) is 18.5 Å². The summed E-state index contributed by atoms with van der Waals surface area (Å²) in [6.07, 6.45) is 3.11. The van der Waals surface area contributed by atoms with Crippen molar-refractivity contribution in [3.63, 3.8) is 0 Å². The molecule has 0 aliphatic rings. The van der Waals surface area contributed by atoms with E-state index in [-0.39, 0.29) is 78.8 Å². The van der Waals surface area contributed by atoms with Crippen molar-refractivity contribution in [2.45, 2.75) is 26.2 Å². The molecular weight excluding hydrogens is 892 g/mol. The van der Waals surface area contributed by atoms with Crippen LogP contribution in [0.1, 0.15) is 44.2 Å². The zero-order chi connectivity index (χ0) is 49.8. The number of rotatable bonds is 7. The molecule has 3 heterocycles. The molecule has 0 atom stereocenters. The van der Waals surface area contributed by atoms with Gasteiger partial charge in [-0.15, -0.1) is 29.7 Å². The van der Waals surface area contributed by atoms with E-state index < -0.39 is 65.8 Å². The van der Waals surface area contributed by atoms with Crippen molar-refractivity contribution in [2.24, 2.45) is 0 Å². The van der Waals surface area contributed by atoms with E-state index in [1.54, 1.807) is 74.4 Å². The van der Waals surface area contributed by atoms with Crippen LogP contribution in [-0.2, 0) is 26.5 Å². The fourth-order valence-electron chi connectivity index (χ4n) is 7.05. The van der Waals surface area contributed by atoms with Gasteiger partial charge in [0.25, 0.3) is 6.33 Å². The molecule has 3 aromatic heterocycles. The molecule has 6 heteroatoms. The summed E-state index contributed by atoms with van der Waals surface area (Å²) in [7, 11) is 0. The molecule has 0 bridgehead atoms. The number of nitrogens with zero attached hydrogens (tertiary/aromatic N) is 4. The molecule has 0 saturated heterocycles. The number of para-hydroxylation sites is 4. The van der Waals surface area contributed by atoms with Crippen molar-refractivity contribution in [2.75, 3.05) is 0 Å². The number of aromatic nitrogens is 4. The molecule has 0 N–H and O–H groups in total. The molecule has 0 amide bonds. The maximum absolute atomic E-state index is 9.30. The van der Waals surface area contributed by atoms with Crippen molar-refractivity contribution in [3.05, 3.63) is 200 Å². The Morgan fingerprint density at radius 3 is 2.03 bits per heavy atom. The Bertz CT molecular complexity index is 3720. The first-order valence-electron chi connectivity index (χ1n) is 24.7. The number of pyridine rings is 1. The number of benzene rings is 7. The second-order valence-electron chi connectivity index (χ2n) is 14.3. The number of imidazole rings is 1. The first-order chi connectivity index (χ1) is 33.3. The molecule has 10 rings (SSSR count). The molecule has 7 aromatic carbocycles. The minimum absolute atomic E-state index is 0. The Balaban J connectivity index is 0.00000624. The predicted molar refractivity (Wildman–Crippen MR) is 230 cm³/mol. The number of hydrogen-bond acceptors (Lipinski definition) is 2. The van der Waals surface area contributed by atoms with Gasteiger partial charge in [-0.3, -0.25) is 4.57 Å². The van der Waals surface area contributed by atoms with Gasteiger partial charge >= 0.3 is 0 Å². The molecule has 0 saturated carbocycles.